The van der Waals surface area contributed by atoms with Crippen LogP contribution in [0.3, 0.4) is 0 Å². The molecule has 0 fully saturated rings. The van der Waals surface area contributed by atoms with E-state index in [1.54, 1.807) is 0 Å². The zero-order chi connectivity index (χ0) is 60.1. The van der Waals surface area contributed by atoms with E-state index in [0.29, 0.717) is 6.42 Å². The molecule has 0 aliphatic rings. The van der Waals surface area contributed by atoms with Gasteiger partial charge in [0.2, 0.25) is 0 Å². The minimum Gasteiger partial charge on any atom is -0.462 e. The van der Waals surface area contributed by atoms with Gasteiger partial charge in [0.1, 0.15) is 6.61 Å². The smallest absolute Gasteiger partial charge is 0.462 e. The first-order valence-electron chi connectivity index (χ1n) is 35.1. The SMILES string of the molecule is CC/C=C\C/C=C\C/C=C\C/C=C\C/C=C\C/C=C\CCCCCCCCCCCCC(=O)OC(COC(=O)CCCCCCCCCCCCCCCCCCCCCCC/C=C\CCCCCCCCCC)COP(=O)(O)OCCN. The van der Waals surface area contributed by atoms with Crippen LogP contribution in [-0.2, 0) is 32.7 Å². The minimum atomic E-state index is -4.40. The summed E-state index contributed by atoms with van der Waals surface area (Å²) in [6, 6.07) is 0. The summed E-state index contributed by atoms with van der Waals surface area (Å²) in [6.07, 6.45) is 91.1. The zero-order valence-corrected chi connectivity index (χ0v) is 55.1. The van der Waals surface area contributed by atoms with Gasteiger partial charge in [-0.15, -0.1) is 0 Å². The molecule has 0 aromatic rings. The van der Waals surface area contributed by atoms with E-state index in [0.717, 1.165) is 83.5 Å². The van der Waals surface area contributed by atoms with Gasteiger partial charge in [-0.05, 0) is 89.9 Å². The highest BCUT2D eigenvalue weighted by Crippen LogP contribution is 2.43. The molecule has 0 spiro atoms. The van der Waals surface area contributed by atoms with Crippen molar-refractivity contribution in [1.29, 1.82) is 0 Å². The first-order chi connectivity index (χ1) is 40.8. The van der Waals surface area contributed by atoms with E-state index in [1.807, 2.05) is 0 Å². The molecule has 3 N–H and O–H groups in total. The molecule has 0 aromatic carbocycles. The Morgan fingerprint density at radius 1 is 0.373 bits per heavy atom. The maximum Gasteiger partial charge on any atom is 0.472 e. The third kappa shape index (κ3) is 68.2. The highest BCUT2D eigenvalue weighted by atomic mass is 31.2. The van der Waals surface area contributed by atoms with Gasteiger partial charge in [-0.1, -0.05) is 317 Å². The second-order valence-corrected chi connectivity index (χ2v) is 24.8. The predicted octanol–water partition coefficient (Wildman–Crippen LogP) is 23.0. The Morgan fingerprint density at radius 3 is 1.00 bits per heavy atom. The Balaban J connectivity index is 3.87. The quantitative estimate of drug-likeness (QED) is 0.0264. The van der Waals surface area contributed by atoms with Crippen molar-refractivity contribution < 1.29 is 37.6 Å². The number of phosphoric acid groups is 1. The molecule has 2 atom stereocenters. The molecular weight excluding hydrogens is 1050 g/mol. The van der Waals surface area contributed by atoms with Gasteiger partial charge in [-0.25, -0.2) is 4.57 Å². The first-order valence-corrected chi connectivity index (χ1v) is 36.6. The summed E-state index contributed by atoms with van der Waals surface area (Å²) < 4.78 is 33.2. The van der Waals surface area contributed by atoms with Gasteiger partial charge in [0.05, 0.1) is 13.2 Å². The van der Waals surface area contributed by atoms with Crippen LogP contribution < -0.4 is 5.73 Å². The lowest BCUT2D eigenvalue weighted by atomic mass is 10.0. The molecule has 0 heterocycles. The van der Waals surface area contributed by atoms with E-state index in [4.69, 9.17) is 24.3 Å². The van der Waals surface area contributed by atoms with Crippen LogP contribution >= 0.6 is 7.82 Å². The van der Waals surface area contributed by atoms with E-state index in [1.165, 1.54) is 218 Å². The lowest BCUT2D eigenvalue weighted by Gasteiger charge is -2.19. The third-order valence-corrected chi connectivity index (χ3v) is 16.2. The fourth-order valence-electron chi connectivity index (χ4n) is 10.1. The number of allylic oxidation sites excluding steroid dienone is 14. The van der Waals surface area contributed by atoms with E-state index in [2.05, 4.69) is 98.9 Å². The molecule has 0 saturated heterocycles. The number of nitrogens with two attached hydrogens (primary N) is 1. The van der Waals surface area contributed by atoms with Crippen LogP contribution in [0.1, 0.15) is 335 Å². The molecule has 0 radical (unpaired) electrons. The maximum atomic E-state index is 12.8. The lowest BCUT2D eigenvalue weighted by molar-refractivity contribution is -0.161. The molecule has 9 nitrogen and oxygen atoms in total. The van der Waals surface area contributed by atoms with Crippen molar-refractivity contribution in [2.24, 2.45) is 5.73 Å². The lowest BCUT2D eigenvalue weighted by Crippen LogP contribution is -2.29. The summed E-state index contributed by atoms with van der Waals surface area (Å²) in [6.45, 7) is 3.67. The topological polar surface area (TPSA) is 134 Å². The number of rotatable bonds is 66. The fourth-order valence-corrected chi connectivity index (χ4v) is 10.9. The average molecular weight is 1180 g/mol. The van der Waals surface area contributed by atoms with E-state index < -0.39 is 26.5 Å². The summed E-state index contributed by atoms with van der Waals surface area (Å²) in [4.78, 5) is 35.4. The Labute approximate surface area is 513 Å². The molecular formula is C73H132NO8P. The fraction of sp³-hybridized carbons (Fsp3) is 0.781. The highest BCUT2D eigenvalue weighted by Gasteiger charge is 2.26. The summed E-state index contributed by atoms with van der Waals surface area (Å²) >= 11 is 0. The molecule has 83 heavy (non-hydrogen) atoms. The molecule has 0 aliphatic heterocycles. The molecule has 0 saturated carbocycles. The number of carbonyl (C=O) groups excluding carboxylic acids is 2. The number of hydrogen-bond acceptors (Lipinski definition) is 8. The standard InChI is InChI=1S/C73H132NO8P/c1-3-5-7-9-11-13-15-17-19-21-23-25-27-29-31-33-34-35-36-38-39-41-43-45-47-49-51-53-55-57-59-61-63-65-72(75)79-69-71(70-81-83(77,78)80-68-67-74)82-73(76)66-64-62-60-58-56-54-52-50-48-46-44-42-40-37-32-30-28-26-24-22-20-18-16-14-12-10-8-6-4-2/h6,8,12,14,18,20-21,23-24,26,30,32,40,42,71H,3-5,7,9-11,13,15-17,19,22,25,27-29,31,33-39,41,43-70,74H2,1-2H3,(H,77,78)/b8-6-,14-12-,20-18-,23-21-,26-24-,32-30-,42-40-. The molecule has 0 aromatic heterocycles. The van der Waals surface area contributed by atoms with Crippen LogP contribution in [0.15, 0.2) is 85.1 Å². The molecule has 0 rings (SSSR count). The van der Waals surface area contributed by atoms with Crippen LogP contribution in [0.2, 0.25) is 0 Å². The number of unbranched alkanes of at least 4 members (excludes halogenated alkanes) is 39. The number of esters is 2. The number of ether oxygens (including phenoxy) is 2. The molecule has 0 aliphatic carbocycles. The molecule has 10 heteroatoms. The van der Waals surface area contributed by atoms with Gasteiger partial charge >= 0.3 is 19.8 Å². The van der Waals surface area contributed by atoms with Gasteiger partial charge in [-0.3, -0.25) is 18.6 Å². The number of hydrogen-bond donors (Lipinski definition) is 2. The monoisotopic (exact) mass is 1180 g/mol. The van der Waals surface area contributed by atoms with Crippen LogP contribution in [0.4, 0.5) is 0 Å². The highest BCUT2D eigenvalue weighted by molar-refractivity contribution is 7.47. The third-order valence-electron chi connectivity index (χ3n) is 15.3. The Morgan fingerprint density at radius 2 is 0.663 bits per heavy atom. The van der Waals surface area contributed by atoms with Crippen molar-refractivity contribution in [2.45, 2.75) is 341 Å². The van der Waals surface area contributed by atoms with Crippen LogP contribution in [-0.4, -0.2) is 49.3 Å². The van der Waals surface area contributed by atoms with Crippen molar-refractivity contribution in [1.82, 2.24) is 0 Å². The molecule has 2 unspecified atom stereocenters. The largest absolute Gasteiger partial charge is 0.472 e. The van der Waals surface area contributed by atoms with Crippen molar-refractivity contribution in [3.8, 4) is 0 Å². The Hall–Kier alpha value is -2.81. The van der Waals surface area contributed by atoms with Crippen LogP contribution in [0, 0.1) is 0 Å². The summed E-state index contributed by atoms with van der Waals surface area (Å²) in [5.41, 5.74) is 5.40. The van der Waals surface area contributed by atoms with Crippen molar-refractivity contribution in [3.63, 3.8) is 0 Å². The summed E-state index contributed by atoms with van der Waals surface area (Å²) in [5, 5.41) is 0. The zero-order valence-electron chi connectivity index (χ0n) is 54.2. The van der Waals surface area contributed by atoms with Crippen molar-refractivity contribution in [2.75, 3.05) is 26.4 Å². The van der Waals surface area contributed by atoms with E-state index in [9.17, 15) is 19.0 Å². The summed E-state index contributed by atoms with van der Waals surface area (Å²) in [7, 11) is -4.40. The molecule has 0 bridgehead atoms. The Bertz CT molecular complexity index is 1640. The van der Waals surface area contributed by atoms with Gasteiger partial charge in [0.15, 0.2) is 6.10 Å². The molecule has 482 valence electrons. The predicted molar refractivity (Wildman–Crippen MR) is 358 cm³/mol. The van der Waals surface area contributed by atoms with Crippen molar-refractivity contribution >= 4 is 19.8 Å². The van der Waals surface area contributed by atoms with Gasteiger partial charge in [0.25, 0.3) is 0 Å². The van der Waals surface area contributed by atoms with Crippen molar-refractivity contribution in [3.05, 3.63) is 85.1 Å². The average Bonchev–Trinajstić information content (AvgIpc) is 3.49. The second kappa shape index (κ2) is 68.3. The van der Waals surface area contributed by atoms with Gasteiger partial charge in [0, 0.05) is 19.4 Å². The number of carbonyl (C=O) groups is 2. The van der Waals surface area contributed by atoms with E-state index in [-0.39, 0.29) is 38.6 Å². The van der Waals surface area contributed by atoms with Gasteiger partial charge < -0.3 is 20.1 Å². The number of phosphoric ester groups is 1. The molecule has 0 amide bonds. The summed E-state index contributed by atoms with van der Waals surface area (Å²) in [5.74, 6) is -0.822. The first kappa shape index (κ1) is 80.2. The minimum absolute atomic E-state index is 0.0508. The van der Waals surface area contributed by atoms with Crippen LogP contribution in [0.5, 0.6) is 0 Å². The van der Waals surface area contributed by atoms with Crippen LogP contribution in [0.25, 0.3) is 0 Å². The Kier molecular flexibility index (Phi) is 66.0. The maximum absolute atomic E-state index is 12.8. The van der Waals surface area contributed by atoms with Gasteiger partial charge in [-0.2, -0.15) is 0 Å². The second-order valence-electron chi connectivity index (χ2n) is 23.4. The van der Waals surface area contributed by atoms with E-state index >= 15 is 0 Å². The normalized spacial score (nSPS) is 13.4.